The van der Waals surface area contributed by atoms with Crippen LogP contribution in [-0.4, -0.2) is 46.3 Å². The molecule has 126 valence electrons. The third kappa shape index (κ3) is 4.86. The first-order valence-corrected chi connectivity index (χ1v) is 7.82. The highest BCUT2D eigenvalue weighted by Gasteiger charge is 2.28. The van der Waals surface area contributed by atoms with Crippen molar-refractivity contribution in [2.24, 2.45) is 5.92 Å². The minimum Gasteiger partial charge on any atom is -0.341 e. The van der Waals surface area contributed by atoms with Crippen LogP contribution in [0.4, 0.5) is 0 Å². The molecule has 2 aliphatic rings. The molecular weight excluding hydrogens is 323 g/mol. The van der Waals surface area contributed by atoms with E-state index < -0.39 is 0 Å². The van der Waals surface area contributed by atoms with Crippen LogP contribution in [0.3, 0.4) is 0 Å². The van der Waals surface area contributed by atoms with Gasteiger partial charge in [0.05, 0.1) is 6.04 Å². The van der Waals surface area contributed by atoms with E-state index in [2.05, 4.69) is 15.3 Å². The Kier molecular flexibility index (Phi) is 8.21. The van der Waals surface area contributed by atoms with Crippen molar-refractivity contribution in [3.05, 3.63) is 18.5 Å². The van der Waals surface area contributed by atoms with Gasteiger partial charge in [-0.2, -0.15) is 5.10 Å². The largest absolute Gasteiger partial charge is 0.341 e. The molecule has 0 unspecified atom stereocenters. The number of piperidine rings is 2. The normalized spacial score (nSPS) is 22.5. The predicted molar refractivity (Wildman–Crippen MR) is 91.7 cm³/mol. The molecule has 0 aromatic carbocycles. The SMILES string of the molecule is Cl.Cl.O=C([C@H]1CCCCN1)N1CCC(Cn2cccn2)CC1. The van der Waals surface area contributed by atoms with Gasteiger partial charge in [0.25, 0.3) is 0 Å². The molecule has 0 bridgehead atoms. The number of aromatic nitrogens is 2. The zero-order valence-electron chi connectivity index (χ0n) is 12.8. The van der Waals surface area contributed by atoms with E-state index in [4.69, 9.17) is 0 Å². The van der Waals surface area contributed by atoms with E-state index in [1.807, 2.05) is 23.1 Å². The van der Waals surface area contributed by atoms with E-state index >= 15 is 0 Å². The van der Waals surface area contributed by atoms with Crippen LogP contribution in [0.15, 0.2) is 18.5 Å². The lowest BCUT2D eigenvalue weighted by molar-refractivity contribution is -0.135. The van der Waals surface area contributed by atoms with Crippen LogP contribution in [0.25, 0.3) is 0 Å². The fourth-order valence-corrected chi connectivity index (χ4v) is 3.29. The first-order chi connectivity index (χ1) is 9.83. The summed E-state index contributed by atoms with van der Waals surface area (Å²) >= 11 is 0. The minimum absolute atomic E-state index is 0. The van der Waals surface area contributed by atoms with Crippen LogP contribution in [0.1, 0.15) is 32.1 Å². The van der Waals surface area contributed by atoms with E-state index in [9.17, 15) is 4.79 Å². The van der Waals surface area contributed by atoms with Crippen molar-refractivity contribution in [3.8, 4) is 0 Å². The topological polar surface area (TPSA) is 50.2 Å². The molecule has 3 rings (SSSR count). The Bertz CT molecular complexity index is 427. The minimum atomic E-state index is 0. The number of carbonyl (C=O) groups is 1. The maximum Gasteiger partial charge on any atom is 0.239 e. The van der Waals surface area contributed by atoms with Crippen LogP contribution in [0.5, 0.6) is 0 Å². The molecule has 2 fully saturated rings. The third-order valence-electron chi connectivity index (χ3n) is 4.54. The molecule has 7 heteroatoms. The van der Waals surface area contributed by atoms with Gasteiger partial charge in [-0.25, -0.2) is 0 Å². The number of nitrogens with zero attached hydrogens (tertiary/aromatic N) is 3. The fraction of sp³-hybridized carbons (Fsp3) is 0.733. The highest BCUT2D eigenvalue weighted by molar-refractivity contribution is 5.85. The van der Waals surface area contributed by atoms with Gasteiger partial charge in [-0.3, -0.25) is 9.48 Å². The predicted octanol–water partition coefficient (Wildman–Crippen LogP) is 2.11. The Labute approximate surface area is 144 Å². The van der Waals surface area contributed by atoms with E-state index in [1.54, 1.807) is 0 Å². The molecule has 1 aromatic rings. The standard InChI is InChI=1S/C15H24N4O.2ClH/c20-15(14-4-1-2-7-16-14)18-10-5-13(6-11-18)12-19-9-3-8-17-19;;/h3,8-9,13-14,16H,1-2,4-7,10-12H2;2*1H/t14-;;/m1../s1. The van der Waals surface area contributed by atoms with Crippen LogP contribution in [-0.2, 0) is 11.3 Å². The maximum absolute atomic E-state index is 12.4. The summed E-state index contributed by atoms with van der Waals surface area (Å²) in [6, 6.07) is 2.04. The zero-order chi connectivity index (χ0) is 13.8. The summed E-state index contributed by atoms with van der Waals surface area (Å²) in [5.74, 6) is 0.973. The van der Waals surface area contributed by atoms with Crippen LogP contribution < -0.4 is 5.32 Å². The average molecular weight is 349 g/mol. The number of nitrogens with one attached hydrogen (secondary N) is 1. The lowest BCUT2D eigenvalue weighted by Crippen LogP contribution is -2.50. The molecule has 1 amide bonds. The Balaban J connectivity index is 0.00000121. The van der Waals surface area contributed by atoms with Crippen molar-refractivity contribution in [2.75, 3.05) is 19.6 Å². The lowest BCUT2D eigenvalue weighted by Gasteiger charge is -2.35. The molecule has 1 N–H and O–H groups in total. The van der Waals surface area contributed by atoms with Crippen molar-refractivity contribution in [1.29, 1.82) is 0 Å². The van der Waals surface area contributed by atoms with Crippen molar-refractivity contribution in [1.82, 2.24) is 20.0 Å². The van der Waals surface area contributed by atoms with Crippen molar-refractivity contribution < 1.29 is 4.79 Å². The molecular formula is C15H26Cl2N4O. The molecule has 0 aliphatic carbocycles. The number of hydrogen-bond donors (Lipinski definition) is 1. The fourth-order valence-electron chi connectivity index (χ4n) is 3.29. The second-order valence-corrected chi connectivity index (χ2v) is 6.00. The first kappa shape index (κ1) is 19.3. The summed E-state index contributed by atoms with van der Waals surface area (Å²) in [7, 11) is 0. The summed E-state index contributed by atoms with van der Waals surface area (Å²) in [6.45, 7) is 3.79. The first-order valence-electron chi connectivity index (χ1n) is 7.82. The molecule has 2 aliphatic heterocycles. The third-order valence-corrected chi connectivity index (χ3v) is 4.54. The highest BCUT2D eigenvalue weighted by Crippen LogP contribution is 2.20. The molecule has 5 nitrogen and oxygen atoms in total. The smallest absolute Gasteiger partial charge is 0.239 e. The second kappa shape index (κ2) is 9.38. The highest BCUT2D eigenvalue weighted by atomic mass is 35.5. The van der Waals surface area contributed by atoms with Gasteiger partial charge in [0.2, 0.25) is 5.91 Å². The quantitative estimate of drug-likeness (QED) is 0.909. The number of amides is 1. The van der Waals surface area contributed by atoms with E-state index in [-0.39, 0.29) is 30.9 Å². The number of rotatable bonds is 3. The summed E-state index contributed by atoms with van der Waals surface area (Å²) < 4.78 is 2.00. The summed E-state index contributed by atoms with van der Waals surface area (Å²) in [5, 5.41) is 7.62. The van der Waals surface area contributed by atoms with Crippen LogP contribution in [0, 0.1) is 5.92 Å². The van der Waals surface area contributed by atoms with Gasteiger partial charge in [-0.1, -0.05) is 6.42 Å². The summed E-state index contributed by atoms with van der Waals surface area (Å²) in [6.07, 6.45) is 9.43. The number of carbonyl (C=O) groups excluding carboxylic acids is 1. The molecule has 0 saturated carbocycles. The van der Waals surface area contributed by atoms with Crippen molar-refractivity contribution >= 4 is 30.7 Å². The second-order valence-electron chi connectivity index (χ2n) is 6.00. The van der Waals surface area contributed by atoms with E-state index in [0.29, 0.717) is 11.8 Å². The molecule has 1 aromatic heterocycles. The monoisotopic (exact) mass is 348 g/mol. The van der Waals surface area contributed by atoms with Gasteiger partial charge in [-0.15, -0.1) is 24.8 Å². The van der Waals surface area contributed by atoms with E-state index in [0.717, 1.165) is 45.4 Å². The van der Waals surface area contributed by atoms with Gasteiger partial charge in [0.15, 0.2) is 0 Å². The molecule has 3 heterocycles. The number of likely N-dealkylation sites (tertiary alicyclic amines) is 1. The lowest BCUT2D eigenvalue weighted by atomic mass is 9.95. The van der Waals surface area contributed by atoms with Crippen molar-refractivity contribution in [2.45, 2.75) is 44.7 Å². The van der Waals surface area contributed by atoms with Gasteiger partial charge >= 0.3 is 0 Å². The number of hydrogen-bond acceptors (Lipinski definition) is 3. The summed E-state index contributed by atoms with van der Waals surface area (Å²) in [5.41, 5.74) is 0. The Morgan fingerprint density at radius 3 is 2.55 bits per heavy atom. The van der Waals surface area contributed by atoms with Crippen LogP contribution >= 0.6 is 24.8 Å². The Morgan fingerprint density at radius 1 is 1.18 bits per heavy atom. The average Bonchev–Trinajstić information content (AvgIpc) is 3.01. The Hall–Kier alpha value is -0.780. The van der Waals surface area contributed by atoms with Gasteiger partial charge in [0.1, 0.15) is 0 Å². The molecule has 0 spiro atoms. The van der Waals surface area contributed by atoms with Gasteiger partial charge in [-0.05, 0) is 44.2 Å². The van der Waals surface area contributed by atoms with Gasteiger partial charge in [0, 0.05) is 32.0 Å². The Morgan fingerprint density at radius 2 is 1.95 bits per heavy atom. The maximum atomic E-state index is 12.4. The molecule has 0 radical (unpaired) electrons. The van der Waals surface area contributed by atoms with Crippen LogP contribution in [0.2, 0.25) is 0 Å². The summed E-state index contributed by atoms with van der Waals surface area (Å²) in [4.78, 5) is 14.5. The molecule has 22 heavy (non-hydrogen) atoms. The van der Waals surface area contributed by atoms with Gasteiger partial charge < -0.3 is 10.2 Å². The molecule has 2 saturated heterocycles. The zero-order valence-corrected chi connectivity index (χ0v) is 14.5. The van der Waals surface area contributed by atoms with E-state index in [1.165, 1.54) is 12.8 Å². The molecule has 1 atom stereocenters. The van der Waals surface area contributed by atoms with Crippen molar-refractivity contribution in [3.63, 3.8) is 0 Å². The number of halogens is 2.